The van der Waals surface area contributed by atoms with Crippen LogP contribution < -0.4 is 4.52 Å². The van der Waals surface area contributed by atoms with Gasteiger partial charge in [-0.05, 0) is 17.5 Å². The van der Waals surface area contributed by atoms with Gasteiger partial charge in [0.05, 0.1) is 5.56 Å². The van der Waals surface area contributed by atoms with E-state index >= 15 is 0 Å². The molecule has 1 aromatic rings. The smallest absolute Gasteiger partial charge is 0.361 e. The minimum atomic E-state index is -1.03. The third kappa shape index (κ3) is 2.95. The van der Waals surface area contributed by atoms with Crippen LogP contribution >= 0.6 is 8.81 Å². The van der Waals surface area contributed by atoms with Crippen molar-refractivity contribution in [1.82, 2.24) is 0 Å². The summed E-state index contributed by atoms with van der Waals surface area (Å²) in [6, 6.07) is 7.23. The predicted octanol–water partition coefficient (Wildman–Crippen LogP) is 3.33. The summed E-state index contributed by atoms with van der Waals surface area (Å²) in [6.45, 7) is 3.93. The van der Waals surface area contributed by atoms with Gasteiger partial charge in [0.1, 0.15) is 11.8 Å². The largest absolute Gasteiger partial charge is 0.476 e. The van der Waals surface area contributed by atoms with E-state index < -0.39 is 14.5 Å². The normalized spacial score (nSPS) is 10.6. The molecule has 4 nitrogen and oxygen atoms in total. The fourth-order valence-electron chi connectivity index (χ4n) is 1.31. The Kier molecular flexibility index (Phi) is 4.28. The van der Waals surface area contributed by atoms with Crippen LogP contribution in [0.1, 0.15) is 30.9 Å². The Balaban J connectivity index is 3.10. The van der Waals surface area contributed by atoms with Crippen LogP contribution in [0, 0.1) is 11.3 Å². The SMILES string of the molecule is CC(C)c1cccc(C#N)c1OPC(=O)O. The summed E-state index contributed by atoms with van der Waals surface area (Å²) in [4.78, 5) is 10.5. The van der Waals surface area contributed by atoms with Crippen LogP contribution in [0.4, 0.5) is 4.79 Å². The molecule has 1 atom stereocenters. The molecule has 0 amide bonds. The van der Waals surface area contributed by atoms with Crippen molar-refractivity contribution < 1.29 is 14.4 Å². The molecule has 0 heterocycles. The highest BCUT2D eigenvalue weighted by Gasteiger charge is 2.13. The van der Waals surface area contributed by atoms with Crippen LogP contribution in [0.15, 0.2) is 18.2 Å². The topological polar surface area (TPSA) is 70.3 Å². The molecule has 0 saturated carbocycles. The zero-order valence-electron chi connectivity index (χ0n) is 9.02. The van der Waals surface area contributed by atoms with Crippen LogP contribution in [-0.2, 0) is 0 Å². The van der Waals surface area contributed by atoms with Gasteiger partial charge in [0.2, 0.25) is 0 Å². The van der Waals surface area contributed by atoms with E-state index in [4.69, 9.17) is 14.9 Å². The number of rotatable bonds is 4. The van der Waals surface area contributed by atoms with Crippen LogP contribution in [0.5, 0.6) is 5.75 Å². The molecule has 84 valence electrons. The van der Waals surface area contributed by atoms with Crippen molar-refractivity contribution in [3.8, 4) is 11.8 Å². The average Bonchev–Trinajstić information content (AvgIpc) is 2.25. The van der Waals surface area contributed by atoms with Crippen molar-refractivity contribution in [2.45, 2.75) is 19.8 Å². The Hall–Kier alpha value is -1.59. The summed E-state index contributed by atoms with van der Waals surface area (Å²) in [7, 11) is -0.680. The molecule has 1 N–H and O–H groups in total. The average molecular weight is 237 g/mol. The van der Waals surface area contributed by atoms with Gasteiger partial charge in [0.25, 0.3) is 0 Å². The van der Waals surface area contributed by atoms with Gasteiger partial charge >= 0.3 is 5.71 Å². The summed E-state index contributed by atoms with van der Waals surface area (Å²) < 4.78 is 5.19. The molecule has 0 aliphatic heterocycles. The first-order valence-corrected chi connectivity index (χ1v) is 5.66. The van der Waals surface area contributed by atoms with Gasteiger partial charge in [-0.3, -0.25) is 0 Å². The maximum Gasteiger partial charge on any atom is 0.361 e. The van der Waals surface area contributed by atoms with E-state index in [1.807, 2.05) is 26.0 Å². The summed E-state index contributed by atoms with van der Waals surface area (Å²) in [5.41, 5.74) is 0.204. The van der Waals surface area contributed by atoms with Crippen molar-refractivity contribution >= 4 is 14.5 Å². The third-order valence-electron chi connectivity index (χ3n) is 2.03. The van der Waals surface area contributed by atoms with Crippen LogP contribution in [0.25, 0.3) is 0 Å². The molecule has 0 aliphatic carbocycles. The van der Waals surface area contributed by atoms with E-state index in [0.717, 1.165) is 5.56 Å². The Labute approximate surface area is 95.7 Å². The molecule has 0 aromatic heterocycles. The Morgan fingerprint density at radius 1 is 1.56 bits per heavy atom. The molecule has 0 spiro atoms. The number of carboxylic acid groups (broad SMARTS) is 1. The van der Waals surface area contributed by atoms with Crippen LogP contribution in [0.3, 0.4) is 0 Å². The number of hydrogen-bond acceptors (Lipinski definition) is 3. The molecule has 16 heavy (non-hydrogen) atoms. The second-order valence-electron chi connectivity index (χ2n) is 3.50. The first-order valence-electron chi connectivity index (χ1n) is 4.75. The molecular formula is C11H12NO3P. The van der Waals surface area contributed by atoms with Gasteiger partial charge in [-0.25, -0.2) is 4.79 Å². The number of para-hydroxylation sites is 1. The molecule has 0 aliphatic rings. The van der Waals surface area contributed by atoms with Crippen molar-refractivity contribution in [1.29, 1.82) is 5.26 Å². The minimum Gasteiger partial charge on any atom is -0.476 e. The lowest BCUT2D eigenvalue weighted by Gasteiger charge is -2.13. The summed E-state index contributed by atoms with van der Waals surface area (Å²) in [5, 5.41) is 17.5. The number of hydrogen-bond donors (Lipinski definition) is 1. The molecule has 0 bridgehead atoms. The first-order chi connectivity index (χ1) is 7.56. The van der Waals surface area contributed by atoms with E-state index in [2.05, 4.69) is 0 Å². The Bertz CT molecular complexity index is 437. The monoisotopic (exact) mass is 237 g/mol. The molecule has 1 aromatic carbocycles. The minimum absolute atomic E-state index is 0.182. The molecular weight excluding hydrogens is 225 g/mol. The highest BCUT2D eigenvalue weighted by atomic mass is 31.1. The van der Waals surface area contributed by atoms with Crippen LogP contribution in [-0.4, -0.2) is 10.8 Å². The summed E-state index contributed by atoms with van der Waals surface area (Å²) >= 11 is 0. The highest BCUT2D eigenvalue weighted by Crippen LogP contribution is 2.33. The fraction of sp³-hybridized carbons (Fsp3) is 0.273. The van der Waals surface area contributed by atoms with E-state index in [1.165, 1.54) is 0 Å². The zero-order chi connectivity index (χ0) is 12.1. The number of nitrogens with zero attached hydrogens (tertiary/aromatic N) is 1. The second kappa shape index (κ2) is 5.48. The zero-order valence-corrected chi connectivity index (χ0v) is 10.0. The number of benzene rings is 1. The Morgan fingerprint density at radius 3 is 2.75 bits per heavy atom. The standard InChI is InChI=1S/C11H12NO3P/c1-7(2)9-5-3-4-8(6-12)10(9)15-16-11(13)14/h3-5,7,16H,1-2H3,(H,13,14). The number of nitriles is 1. The van der Waals surface area contributed by atoms with Gasteiger partial charge in [-0.1, -0.05) is 26.0 Å². The predicted molar refractivity (Wildman–Crippen MR) is 62.2 cm³/mol. The number of carbonyl (C=O) groups is 1. The van der Waals surface area contributed by atoms with Crippen molar-refractivity contribution in [3.63, 3.8) is 0 Å². The lowest BCUT2D eigenvalue weighted by atomic mass is 10.00. The first kappa shape index (κ1) is 12.5. The molecule has 1 unspecified atom stereocenters. The lowest BCUT2D eigenvalue weighted by Crippen LogP contribution is -1.96. The molecule has 5 heteroatoms. The summed E-state index contributed by atoms with van der Waals surface area (Å²) in [6.07, 6.45) is 0. The van der Waals surface area contributed by atoms with Gasteiger partial charge < -0.3 is 9.63 Å². The quantitative estimate of drug-likeness (QED) is 0.815. The van der Waals surface area contributed by atoms with E-state index in [-0.39, 0.29) is 5.92 Å². The maximum absolute atomic E-state index is 10.5. The molecule has 0 fully saturated rings. The highest BCUT2D eigenvalue weighted by molar-refractivity contribution is 7.52. The third-order valence-corrected chi connectivity index (χ3v) is 2.51. The lowest BCUT2D eigenvalue weighted by molar-refractivity contribution is 0.220. The van der Waals surface area contributed by atoms with E-state index in [9.17, 15) is 4.79 Å². The molecule has 0 saturated heterocycles. The van der Waals surface area contributed by atoms with E-state index in [1.54, 1.807) is 12.1 Å². The molecule has 0 radical (unpaired) electrons. The van der Waals surface area contributed by atoms with Gasteiger partial charge in [0.15, 0.2) is 8.81 Å². The van der Waals surface area contributed by atoms with Gasteiger partial charge in [-0.15, -0.1) is 0 Å². The van der Waals surface area contributed by atoms with Crippen molar-refractivity contribution in [2.24, 2.45) is 0 Å². The second-order valence-corrected chi connectivity index (χ2v) is 4.34. The van der Waals surface area contributed by atoms with Gasteiger partial charge in [-0.2, -0.15) is 5.26 Å². The van der Waals surface area contributed by atoms with Gasteiger partial charge in [0, 0.05) is 0 Å². The Morgan fingerprint density at radius 2 is 2.25 bits per heavy atom. The fourth-order valence-corrected chi connectivity index (χ4v) is 1.72. The summed E-state index contributed by atoms with van der Waals surface area (Å²) in [5.74, 6) is 0.572. The van der Waals surface area contributed by atoms with Crippen molar-refractivity contribution in [3.05, 3.63) is 29.3 Å². The van der Waals surface area contributed by atoms with Crippen molar-refractivity contribution in [2.75, 3.05) is 0 Å². The van der Waals surface area contributed by atoms with E-state index in [0.29, 0.717) is 11.3 Å². The molecule has 1 rings (SSSR count). The van der Waals surface area contributed by atoms with Crippen LogP contribution in [0.2, 0.25) is 0 Å². The maximum atomic E-state index is 10.5.